The summed E-state index contributed by atoms with van der Waals surface area (Å²) in [6, 6.07) is 7.47. The molecule has 1 aromatic carbocycles. The van der Waals surface area contributed by atoms with Crippen molar-refractivity contribution < 1.29 is 19.1 Å². The van der Waals surface area contributed by atoms with Crippen LogP contribution in [0.15, 0.2) is 24.3 Å². The molecule has 1 rings (SSSR count). The van der Waals surface area contributed by atoms with Gasteiger partial charge in [0.15, 0.2) is 0 Å². The molecule has 1 aromatic rings. The number of amides is 1. The molecule has 0 fully saturated rings. The molecule has 0 unspecified atom stereocenters. The lowest BCUT2D eigenvalue weighted by Gasteiger charge is -2.26. The van der Waals surface area contributed by atoms with Crippen LogP contribution in [-0.2, 0) is 14.3 Å². The van der Waals surface area contributed by atoms with Crippen molar-refractivity contribution in [1.29, 1.82) is 0 Å². The van der Waals surface area contributed by atoms with E-state index in [0.717, 1.165) is 5.56 Å². The number of ether oxygens (including phenoxy) is 2. The van der Waals surface area contributed by atoms with E-state index in [2.05, 4.69) is 13.8 Å². The monoisotopic (exact) mass is 335 g/mol. The van der Waals surface area contributed by atoms with Gasteiger partial charge in [-0.15, -0.1) is 0 Å². The predicted octanol–water partition coefficient (Wildman–Crippen LogP) is 3.24. The van der Waals surface area contributed by atoms with E-state index < -0.39 is 5.97 Å². The normalized spacial score (nSPS) is 11.0. The lowest BCUT2D eigenvalue weighted by atomic mass is 10.0. The number of methoxy groups -OCH3 is 1. The molecule has 1 amide bonds. The first-order valence-corrected chi connectivity index (χ1v) is 8.42. The van der Waals surface area contributed by atoms with Crippen molar-refractivity contribution in [3.05, 3.63) is 35.4 Å². The van der Waals surface area contributed by atoms with Crippen molar-refractivity contribution in [1.82, 2.24) is 4.90 Å². The van der Waals surface area contributed by atoms with Gasteiger partial charge in [0, 0.05) is 31.7 Å². The fourth-order valence-corrected chi connectivity index (χ4v) is 2.26. The molecule has 5 nitrogen and oxygen atoms in total. The van der Waals surface area contributed by atoms with Gasteiger partial charge in [-0.3, -0.25) is 9.59 Å². The van der Waals surface area contributed by atoms with Gasteiger partial charge in [-0.1, -0.05) is 26.0 Å². The Morgan fingerprint density at radius 3 is 2.42 bits per heavy atom. The average Bonchev–Trinajstić information content (AvgIpc) is 2.55. The van der Waals surface area contributed by atoms with Gasteiger partial charge in [0.2, 0.25) is 0 Å². The van der Waals surface area contributed by atoms with E-state index in [0.29, 0.717) is 31.1 Å². The second-order valence-corrected chi connectivity index (χ2v) is 6.37. The van der Waals surface area contributed by atoms with Crippen LogP contribution in [-0.4, -0.2) is 49.7 Å². The summed E-state index contributed by atoms with van der Waals surface area (Å²) >= 11 is 0. The Bertz CT molecular complexity index is 540. The molecule has 0 bridgehead atoms. The smallest absolute Gasteiger partial charge is 0.325 e. The second-order valence-electron chi connectivity index (χ2n) is 6.37. The molecule has 0 N–H and O–H groups in total. The number of hydrogen-bond donors (Lipinski definition) is 0. The fraction of sp³-hybridized carbons (Fsp3) is 0.579. The number of esters is 1. The largest absolute Gasteiger partial charge is 0.464 e. The summed E-state index contributed by atoms with van der Waals surface area (Å²) in [5, 5.41) is 0. The van der Waals surface area contributed by atoms with Gasteiger partial charge in [0.1, 0.15) is 6.54 Å². The number of benzene rings is 1. The lowest BCUT2D eigenvalue weighted by molar-refractivity contribution is -0.145. The van der Waals surface area contributed by atoms with E-state index in [1.54, 1.807) is 13.2 Å². The topological polar surface area (TPSA) is 55.8 Å². The minimum atomic E-state index is -0.395. The highest BCUT2D eigenvalue weighted by Crippen LogP contribution is 2.17. The highest BCUT2D eigenvalue weighted by molar-refractivity contribution is 5.96. The first-order chi connectivity index (χ1) is 11.4. The van der Waals surface area contributed by atoms with Crippen LogP contribution in [0.5, 0.6) is 0 Å². The van der Waals surface area contributed by atoms with Gasteiger partial charge >= 0.3 is 5.97 Å². The summed E-state index contributed by atoms with van der Waals surface area (Å²) in [4.78, 5) is 26.3. The summed E-state index contributed by atoms with van der Waals surface area (Å²) in [6.45, 7) is 8.75. The summed E-state index contributed by atoms with van der Waals surface area (Å²) in [5.41, 5.74) is 1.70. The Balaban J connectivity index is 2.75. The highest BCUT2D eigenvalue weighted by atomic mass is 16.5. The zero-order valence-corrected chi connectivity index (χ0v) is 15.4. The number of hydrogen-bond acceptors (Lipinski definition) is 4. The molecule has 0 aromatic heterocycles. The maximum atomic E-state index is 12.8. The van der Waals surface area contributed by atoms with E-state index in [-0.39, 0.29) is 18.5 Å². The molecule has 0 radical (unpaired) electrons. The summed E-state index contributed by atoms with van der Waals surface area (Å²) in [7, 11) is 1.60. The molecular weight excluding hydrogens is 306 g/mol. The predicted molar refractivity (Wildman–Crippen MR) is 94.2 cm³/mol. The maximum Gasteiger partial charge on any atom is 0.325 e. The van der Waals surface area contributed by atoms with Gasteiger partial charge in [-0.2, -0.15) is 0 Å². The third-order valence-corrected chi connectivity index (χ3v) is 3.74. The minimum Gasteiger partial charge on any atom is -0.464 e. The van der Waals surface area contributed by atoms with E-state index in [1.165, 1.54) is 4.90 Å². The molecule has 0 saturated carbocycles. The van der Waals surface area contributed by atoms with Crippen LogP contribution < -0.4 is 0 Å². The summed E-state index contributed by atoms with van der Waals surface area (Å²) in [6.07, 6.45) is 0.647. The van der Waals surface area contributed by atoms with Gasteiger partial charge in [0.25, 0.3) is 5.91 Å². The zero-order valence-electron chi connectivity index (χ0n) is 15.4. The number of nitrogens with zero attached hydrogens (tertiary/aromatic N) is 1. The summed E-state index contributed by atoms with van der Waals surface area (Å²) < 4.78 is 10.1. The quantitative estimate of drug-likeness (QED) is 0.513. The molecule has 0 atom stereocenters. The van der Waals surface area contributed by atoms with Crippen molar-refractivity contribution >= 4 is 11.9 Å². The molecule has 0 spiro atoms. The number of carbonyl (C=O) groups excluding carboxylic acids is 2. The van der Waals surface area contributed by atoms with Crippen LogP contribution in [0.2, 0.25) is 0 Å². The molecule has 0 aliphatic rings. The van der Waals surface area contributed by atoms with E-state index in [9.17, 15) is 9.59 Å². The van der Waals surface area contributed by atoms with Gasteiger partial charge in [0.05, 0.1) is 6.61 Å². The number of rotatable bonds is 9. The van der Waals surface area contributed by atoms with E-state index in [4.69, 9.17) is 9.47 Å². The van der Waals surface area contributed by atoms with Gasteiger partial charge in [-0.05, 0) is 37.5 Å². The van der Waals surface area contributed by atoms with E-state index >= 15 is 0 Å². The summed E-state index contributed by atoms with van der Waals surface area (Å²) in [5.74, 6) is -0.203. The first kappa shape index (κ1) is 20.2. The Hall–Kier alpha value is -1.88. The average molecular weight is 335 g/mol. The van der Waals surface area contributed by atoms with Crippen LogP contribution in [0.25, 0.3) is 0 Å². The second kappa shape index (κ2) is 10.1. The van der Waals surface area contributed by atoms with Gasteiger partial charge in [-0.25, -0.2) is 0 Å². The van der Waals surface area contributed by atoms with Crippen molar-refractivity contribution in [3.8, 4) is 0 Å². The minimum absolute atomic E-state index is 0.0462. The van der Waals surface area contributed by atoms with Crippen molar-refractivity contribution in [2.75, 3.05) is 26.9 Å². The van der Waals surface area contributed by atoms with Crippen LogP contribution in [0.3, 0.4) is 0 Å². The zero-order chi connectivity index (χ0) is 18.1. The van der Waals surface area contributed by atoms with Crippen molar-refractivity contribution in [3.63, 3.8) is 0 Å². The van der Waals surface area contributed by atoms with Crippen LogP contribution in [0.1, 0.15) is 56.0 Å². The molecule has 0 heterocycles. The Morgan fingerprint density at radius 1 is 1.12 bits per heavy atom. The Morgan fingerprint density at radius 2 is 1.83 bits per heavy atom. The third-order valence-electron chi connectivity index (χ3n) is 3.74. The highest BCUT2D eigenvalue weighted by Gasteiger charge is 2.22. The lowest BCUT2D eigenvalue weighted by Crippen LogP contribution is -2.41. The van der Waals surface area contributed by atoms with Crippen molar-refractivity contribution in [2.24, 2.45) is 0 Å². The van der Waals surface area contributed by atoms with Gasteiger partial charge < -0.3 is 14.4 Å². The number of carbonyl (C=O) groups is 2. The van der Waals surface area contributed by atoms with E-state index in [1.807, 2.05) is 32.0 Å². The van der Waals surface area contributed by atoms with Crippen molar-refractivity contribution in [2.45, 2.75) is 46.1 Å². The standard InChI is InChI=1S/C19H29NO4/c1-14(2)16-8-6-9-17(12-16)19(22)20(15(3)4)13-18(21)24-11-7-10-23-5/h6,8-9,12,14-15H,7,10-11,13H2,1-5H3. The molecular formula is C19H29NO4. The molecule has 0 aliphatic carbocycles. The Kier molecular flexibility index (Phi) is 8.47. The molecule has 134 valence electrons. The third kappa shape index (κ3) is 6.32. The van der Waals surface area contributed by atoms with Crippen LogP contribution in [0, 0.1) is 0 Å². The first-order valence-electron chi connectivity index (χ1n) is 8.42. The molecule has 5 heteroatoms. The molecule has 0 saturated heterocycles. The van der Waals surface area contributed by atoms with Crippen LogP contribution in [0.4, 0.5) is 0 Å². The molecule has 24 heavy (non-hydrogen) atoms. The maximum absolute atomic E-state index is 12.8. The van der Waals surface area contributed by atoms with Crippen LogP contribution >= 0.6 is 0 Å². The Labute approximate surface area is 144 Å². The fourth-order valence-electron chi connectivity index (χ4n) is 2.26. The SMILES string of the molecule is COCCCOC(=O)CN(C(=O)c1cccc(C(C)C)c1)C(C)C. The molecule has 0 aliphatic heterocycles.